The molecule has 2 atom stereocenters. The summed E-state index contributed by atoms with van der Waals surface area (Å²) >= 11 is 0. The van der Waals surface area contributed by atoms with Crippen molar-refractivity contribution in [2.75, 3.05) is 6.54 Å². The van der Waals surface area contributed by atoms with Gasteiger partial charge < -0.3 is 20.7 Å². The van der Waals surface area contributed by atoms with E-state index in [1.807, 2.05) is 0 Å². The Hall–Kier alpha value is -3.16. The standard InChI is InChI=1S/C21H25N3O5/c1-12(25)11-23-18(26)14-8-5-6-10-21(14,20(22)29)16-13-7-3-4-9-15(13)24(2)17(16)19(27)28/h3-4,7,9,14H,5-6,8,10-11H2,1-2H3,(H2,22,29)(H,23,26)(H,27,28)/t14-,21-/m0/s1. The number of aromatic carboxylic acids is 1. The van der Waals surface area contributed by atoms with Crippen molar-refractivity contribution < 1.29 is 24.3 Å². The van der Waals surface area contributed by atoms with Gasteiger partial charge in [0.25, 0.3) is 0 Å². The van der Waals surface area contributed by atoms with Gasteiger partial charge in [-0.25, -0.2) is 4.79 Å². The number of hydrogen-bond acceptors (Lipinski definition) is 4. The molecule has 0 spiro atoms. The van der Waals surface area contributed by atoms with Crippen molar-refractivity contribution in [2.45, 2.75) is 38.0 Å². The van der Waals surface area contributed by atoms with Gasteiger partial charge in [0.1, 0.15) is 11.5 Å². The van der Waals surface area contributed by atoms with Crippen molar-refractivity contribution in [1.29, 1.82) is 0 Å². The minimum atomic E-state index is -1.46. The first-order valence-electron chi connectivity index (χ1n) is 9.60. The van der Waals surface area contributed by atoms with Gasteiger partial charge in [0, 0.05) is 23.5 Å². The number of rotatable bonds is 6. The molecule has 1 fully saturated rings. The fraction of sp³-hybridized carbons (Fsp3) is 0.429. The fourth-order valence-electron chi connectivity index (χ4n) is 4.68. The Balaban J connectivity index is 2.29. The van der Waals surface area contributed by atoms with Gasteiger partial charge in [-0.1, -0.05) is 31.0 Å². The molecule has 8 heteroatoms. The number of benzene rings is 1. The first-order valence-corrected chi connectivity index (χ1v) is 9.60. The number of primary amides is 1. The van der Waals surface area contributed by atoms with Gasteiger partial charge in [-0.3, -0.25) is 14.4 Å². The van der Waals surface area contributed by atoms with Gasteiger partial charge in [0.15, 0.2) is 0 Å². The molecule has 1 heterocycles. The number of carboxylic acids is 1. The summed E-state index contributed by atoms with van der Waals surface area (Å²) in [7, 11) is 1.62. The van der Waals surface area contributed by atoms with E-state index in [-0.39, 0.29) is 24.4 Å². The quantitative estimate of drug-likeness (QED) is 0.677. The van der Waals surface area contributed by atoms with Crippen LogP contribution in [0.25, 0.3) is 10.9 Å². The monoisotopic (exact) mass is 399 g/mol. The Morgan fingerprint density at radius 2 is 1.93 bits per heavy atom. The van der Waals surface area contributed by atoms with E-state index in [9.17, 15) is 24.3 Å². The summed E-state index contributed by atoms with van der Waals surface area (Å²) in [6.45, 7) is 1.21. The molecular formula is C21H25N3O5. The lowest BCUT2D eigenvalue weighted by molar-refractivity contribution is -0.137. The summed E-state index contributed by atoms with van der Waals surface area (Å²) in [6.07, 6.45) is 2.01. The second-order valence-corrected chi connectivity index (χ2v) is 7.66. The smallest absolute Gasteiger partial charge is 0.352 e. The van der Waals surface area contributed by atoms with Crippen LogP contribution < -0.4 is 11.1 Å². The predicted octanol–water partition coefficient (Wildman–Crippen LogP) is 1.49. The Morgan fingerprint density at radius 1 is 1.24 bits per heavy atom. The van der Waals surface area contributed by atoms with Crippen LogP contribution >= 0.6 is 0 Å². The van der Waals surface area contributed by atoms with Crippen molar-refractivity contribution in [3.8, 4) is 0 Å². The van der Waals surface area contributed by atoms with Gasteiger partial charge in [-0.05, 0) is 25.8 Å². The largest absolute Gasteiger partial charge is 0.477 e. The van der Waals surface area contributed by atoms with Crippen molar-refractivity contribution in [2.24, 2.45) is 18.7 Å². The minimum Gasteiger partial charge on any atom is -0.477 e. The molecule has 1 aromatic heterocycles. The summed E-state index contributed by atoms with van der Waals surface area (Å²) < 4.78 is 1.52. The van der Waals surface area contributed by atoms with Gasteiger partial charge in [-0.15, -0.1) is 0 Å². The molecule has 4 N–H and O–H groups in total. The molecule has 0 unspecified atom stereocenters. The number of carboxylic acid groups (broad SMARTS) is 1. The summed E-state index contributed by atoms with van der Waals surface area (Å²) in [5.74, 6) is -3.43. The van der Waals surface area contributed by atoms with Gasteiger partial charge >= 0.3 is 5.97 Å². The van der Waals surface area contributed by atoms with E-state index < -0.39 is 29.1 Å². The zero-order valence-electron chi connectivity index (χ0n) is 16.5. The van der Waals surface area contributed by atoms with Crippen LogP contribution in [0.2, 0.25) is 0 Å². The van der Waals surface area contributed by atoms with Crippen LogP contribution in [-0.4, -0.2) is 39.8 Å². The minimum absolute atomic E-state index is 0.0451. The zero-order chi connectivity index (χ0) is 21.3. The second kappa shape index (κ2) is 7.69. The lowest BCUT2D eigenvalue weighted by atomic mass is 9.60. The normalized spacial score (nSPS) is 21.7. The number of aryl methyl sites for hydroxylation is 1. The molecule has 2 amide bonds. The molecule has 0 saturated heterocycles. The number of nitrogens with zero attached hydrogens (tertiary/aromatic N) is 1. The highest BCUT2D eigenvalue weighted by molar-refractivity contribution is 6.06. The maximum Gasteiger partial charge on any atom is 0.352 e. The molecule has 1 aliphatic rings. The number of para-hydroxylation sites is 1. The molecule has 2 aromatic rings. The molecule has 0 bridgehead atoms. The molecule has 0 radical (unpaired) electrons. The third-order valence-electron chi connectivity index (χ3n) is 5.93. The number of nitrogens with one attached hydrogen (secondary N) is 1. The third-order valence-corrected chi connectivity index (χ3v) is 5.93. The van der Waals surface area contributed by atoms with Crippen molar-refractivity contribution >= 4 is 34.5 Å². The number of fused-ring (bicyclic) bond motifs is 1. The van der Waals surface area contributed by atoms with Crippen LogP contribution in [0, 0.1) is 5.92 Å². The highest BCUT2D eigenvalue weighted by Gasteiger charge is 2.53. The summed E-state index contributed by atoms with van der Waals surface area (Å²) in [4.78, 5) is 49.4. The molecule has 8 nitrogen and oxygen atoms in total. The number of Topliss-reactive ketones (excluding diaryl/α,β-unsaturated/α-hetero) is 1. The SMILES string of the molecule is CC(=O)CNC(=O)[C@@H]1CCCC[C@@]1(C(N)=O)c1c(C(=O)O)n(C)c2ccccc12. The number of amides is 2. The summed E-state index contributed by atoms with van der Waals surface area (Å²) in [5, 5.41) is 13.1. The van der Waals surface area contributed by atoms with E-state index in [1.165, 1.54) is 11.5 Å². The highest BCUT2D eigenvalue weighted by Crippen LogP contribution is 2.48. The van der Waals surface area contributed by atoms with Crippen molar-refractivity contribution in [3.05, 3.63) is 35.5 Å². The Bertz CT molecular complexity index is 1010. The van der Waals surface area contributed by atoms with Crippen LogP contribution in [0.4, 0.5) is 0 Å². The van der Waals surface area contributed by atoms with E-state index in [4.69, 9.17) is 5.73 Å². The average Bonchev–Trinajstić information content (AvgIpc) is 2.99. The zero-order valence-corrected chi connectivity index (χ0v) is 16.5. The average molecular weight is 399 g/mol. The third kappa shape index (κ3) is 3.28. The first kappa shape index (κ1) is 20.6. The summed E-state index contributed by atoms with van der Waals surface area (Å²) in [5.41, 5.74) is 5.33. The highest BCUT2D eigenvalue weighted by atomic mass is 16.4. The topological polar surface area (TPSA) is 131 Å². The van der Waals surface area contributed by atoms with E-state index in [0.29, 0.717) is 35.7 Å². The summed E-state index contributed by atoms with van der Waals surface area (Å²) in [6, 6.07) is 7.07. The van der Waals surface area contributed by atoms with Crippen LogP contribution in [0.15, 0.2) is 24.3 Å². The number of nitrogens with two attached hydrogens (primary N) is 1. The maximum absolute atomic E-state index is 13.0. The second-order valence-electron chi connectivity index (χ2n) is 7.66. The molecular weight excluding hydrogens is 374 g/mol. The molecule has 3 rings (SSSR count). The Kier molecular flexibility index (Phi) is 5.46. The molecule has 1 saturated carbocycles. The molecule has 1 aliphatic carbocycles. The van der Waals surface area contributed by atoms with Gasteiger partial charge in [0.05, 0.1) is 17.9 Å². The number of hydrogen-bond donors (Lipinski definition) is 3. The van der Waals surface area contributed by atoms with Crippen LogP contribution in [0.5, 0.6) is 0 Å². The lowest BCUT2D eigenvalue weighted by Crippen LogP contribution is -2.55. The Labute approximate surface area is 168 Å². The van der Waals surface area contributed by atoms with Crippen molar-refractivity contribution in [1.82, 2.24) is 9.88 Å². The van der Waals surface area contributed by atoms with E-state index in [0.717, 1.165) is 0 Å². The van der Waals surface area contributed by atoms with Gasteiger partial charge in [-0.2, -0.15) is 0 Å². The number of ketones is 1. The Morgan fingerprint density at radius 3 is 2.55 bits per heavy atom. The lowest BCUT2D eigenvalue weighted by Gasteiger charge is -2.41. The molecule has 154 valence electrons. The van der Waals surface area contributed by atoms with Crippen LogP contribution in [0.3, 0.4) is 0 Å². The van der Waals surface area contributed by atoms with Crippen LogP contribution in [-0.2, 0) is 26.8 Å². The molecule has 29 heavy (non-hydrogen) atoms. The number of carbonyl (C=O) groups is 4. The number of carbonyl (C=O) groups excluding carboxylic acids is 3. The van der Waals surface area contributed by atoms with Gasteiger partial charge in [0.2, 0.25) is 11.8 Å². The van der Waals surface area contributed by atoms with E-state index >= 15 is 0 Å². The van der Waals surface area contributed by atoms with E-state index in [2.05, 4.69) is 5.32 Å². The predicted molar refractivity (Wildman–Crippen MR) is 106 cm³/mol. The maximum atomic E-state index is 13.0. The van der Waals surface area contributed by atoms with E-state index in [1.54, 1.807) is 31.3 Å². The first-order chi connectivity index (χ1) is 13.7. The fourth-order valence-corrected chi connectivity index (χ4v) is 4.68. The molecule has 0 aliphatic heterocycles. The number of aromatic nitrogens is 1. The van der Waals surface area contributed by atoms with Crippen LogP contribution in [0.1, 0.15) is 48.7 Å². The van der Waals surface area contributed by atoms with Crippen molar-refractivity contribution in [3.63, 3.8) is 0 Å². The molecule has 1 aromatic carbocycles.